The maximum Gasteiger partial charge on any atom is 0.0648 e. The number of aromatic nitrogens is 1. The number of anilines is 1. The van der Waals surface area contributed by atoms with Gasteiger partial charge in [0.2, 0.25) is 0 Å². The van der Waals surface area contributed by atoms with Crippen molar-refractivity contribution in [3.8, 4) is 0 Å². The summed E-state index contributed by atoms with van der Waals surface area (Å²) in [6, 6.07) is 4.25. The van der Waals surface area contributed by atoms with Crippen molar-refractivity contribution < 1.29 is 0 Å². The molecular formula is C15H21ClN2. The highest BCUT2D eigenvalue weighted by molar-refractivity contribution is 6.16. The summed E-state index contributed by atoms with van der Waals surface area (Å²) in [5, 5.41) is 0. The topological polar surface area (TPSA) is 16.1 Å². The molecule has 0 unspecified atom stereocenters. The molecule has 3 heteroatoms. The van der Waals surface area contributed by atoms with Crippen LogP contribution in [0, 0.1) is 5.41 Å². The van der Waals surface area contributed by atoms with Gasteiger partial charge in [0, 0.05) is 25.0 Å². The molecule has 98 valence electrons. The SMILES string of the molecule is ClCc1cc(N2CCC3(CCCC3)CC2)ccn1. The molecule has 1 aliphatic heterocycles. The first-order valence-corrected chi connectivity index (χ1v) is 7.61. The molecule has 1 aromatic rings. The van der Waals surface area contributed by atoms with Gasteiger partial charge in [-0.15, -0.1) is 11.6 Å². The van der Waals surface area contributed by atoms with Crippen LogP contribution >= 0.6 is 11.6 Å². The second-order valence-electron chi connectivity index (χ2n) is 5.83. The van der Waals surface area contributed by atoms with Gasteiger partial charge >= 0.3 is 0 Å². The van der Waals surface area contributed by atoms with E-state index in [2.05, 4.69) is 22.0 Å². The molecule has 1 saturated carbocycles. The summed E-state index contributed by atoms with van der Waals surface area (Å²) in [6.07, 6.45) is 10.4. The normalized spacial score (nSPS) is 22.6. The Morgan fingerprint density at radius 2 is 1.89 bits per heavy atom. The molecule has 2 aliphatic rings. The predicted octanol–water partition coefficient (Wildman–Crippen LogP) is 3.98. The standard InChI is InChI=1S/C15H21ClN2/c16-12-13-11-14(3-8-17-13)18-9-6-15(7-10-18)4-1-2-5-15/h3,8,11H,1-2,4-7,9-10,12H2. The number of halogens is 1. The van der Waals surface area contributed by atoms with E-state index in [9.17, 15) is 0 Å². The lowest BCUT2D eigenvalue weighted by molar-refractivity contribution is 0.226. The summed E-state index contributed by atoms with van der Waals surface area (Å²) in [4.78, 5) is 6.77. The minimum Gasteiger partial charge on any atom is -0.371 e. The maximum atomic E-state index is 5.86. The third-order valence-corrected chi connectivity index (χ3v) is 5.06. The minimum atomic E-state index is 0.506. The molecule has 2 heterocycles. The first kappa shape index (κ1) is 12.3. The smallest absolute Gasteiger partial charge is 0.0648 e. The Labute approximate surface area is 114 Å². The lowest BCUT2D eigenvalue weighted by Crippen LogP contribution is -2.38. The number of alkyl halides is 1. The number of hydrogen-bond donors (Lipinski definition) is 0. The van der Waals surface area contributed by atoms with E-state index in [-0.39, 0.29) is 0 Å². The van der Waals surface area contributed by atoms with Crippen molar-refractivity contribution in [3.63, 3.8) is 0 Å². The van der Waals surface area contributed by atoms with E-state index in [0.29, 0.717) is 11.3 Å². The number of rotatable bonds is 2. The Balaban J connectivity index is 1.68. The summed E-state index contributed by atoms with van der Waals surface area (Å²) in [5.41, 5.74) is 2.97. The maximum absolute atomic E-state index is 5.86. The van der Waals surface area contributed by atoms with Gasteiger partial charge in [0.1, 0.15) is 0 Å². The third kappa shape index (κ3) is 2.35. The van der Waals surface area contributed by atoms with Crippen molar-refractivity contribution in [2.45, 2.75) is 44.4 Å². The summed E-state index contributed by atoms with van der Waals surface area (Å²) in [6.45, 7) is 2.40. The van der Waals surface area contributed by atoms with Crippen LogP contribution in [-0.4, -0.2) is 18.1 Å². The van der Waals surface area contributed by atoms with Crippen molar-refractivity contribution in [1.29, 1.82) is 0 Å². The fourth-order valence-corrected chi connectivity index (χ4v) is 3.75. The summed E-state index contributed by atoms with van der Waals surface area (Å²) in [5.74, 6) is 0.506. The monoisotopic (exact) mass is 264 g/mol. The van der Waals surface area contributed by atoms with Crippen LogP contribution in [0.15, 0.2) is 18.3 Å². The van der Waals surface area contributed by atoms with E-state index < -0.39 is 0 Å². The van der Waals surface area contributed by atoms with Gasteiger partial charge in [-0.05, 0) is 43.2 Å². The zero-order valence-corrected chi connectivity index (χ0v) is 11.6. The van der Waals surface area contributed by atoms with Crippen LogP contribution in [0.2, 0.25) is 0 Å². The highest BCUT2D eigenvalue weighted by Crippen LogP contribution is 2.46. The van der Waals surface area contributed by atoms with E-state index in [1.165, 1.54) is 57.3 Å². The Kier molecular flexibility index (Phi) is 3.47. The van der Waals surface area contributed by atoms with E-state index in [4.69, 9.17) is 11.6 Å². The number of piperidine rings is 1. The van der Waals surface area contributed by atoms with Crippen molar-refractivity contribution in [2.75, 3.05) is 18.0 Å². The van der Waals surface area contributed by atoms with Crippen molar-refractivity contribution in [2.24, 2.45) is 5.41 Å². The molecule has 2 fully saturated rings. The van der Waals surface area contributed by atoms with E-state index in [1.54, 1.807) is 0 Å². The zero-order valence-electron chi connectivity index (χ0n) is 10.9. The van der Waals surface area contributed by atoms with Crippen molar-refractivity contribution in [1.82, 2.24) is 4.98 Å². The molecule has 0 aromatic carbocycles. The number of pyridine rings is 1. The van der Waals surface area contributed by atoms with Crippen LogP contribution in [0.25, 0.3) is 0 Å². The Morgan fingerprint density at radius 1 is 1.17 bits per heavy atom. The third-order valence-electron chi connectivity index (χ3n) is 4.79. The Hall–Kier alpha value is -0.760. The van der Waals surface area contributed by atoms with Gasteiger partial charge in [-0.2, -0.15) is 0 Å². The molecule has 0 amide bonds. The minimum absolute atomic E-state index is 0.506. The van der Waals surface area contributed by atoms with Gasteiger partial charge in [0.15, 0.2) is 0 Å². The number of nitrogens with zero attached hydrogens (tertiary/aromatic N) is 2. The van der Waals surface area contributed by atoms with Gasteiger partial charge in [-0.1, -0.05) is 12.8 Å². The first-order chi connectivity index (χ1) is 8.81. The zero-order chi connectivity index (χ0) is 12.4. The summed E-state index contributed by atoms with van der Waals surface area (Å²) in [7, 11) is 0. The molecule has 1 aliphatic carbocycles. The van der Waals surface area contributed by atoms with Crippen LogP contribution in [0.1, 0.15) is 44.2 Å². The Bertz CT molecular complexity index is 403. The fraction of sp³-hybridized carbons (Fsp3) is 0.667. The molecule has 18 heavy (non-hydrogen) atoms. The van der Waals surface area contributed by atoms with Crippen LogP contribution in [0.5, 0.6) is 0 Å². The first-order valence-electron chi connectivity index (χ1n) is 7.07. The van der Waals surface area contributed by atoms with Crippen LogP contribution in [0.3, 0.4) is 0 Å². The van der Waals surface area contributed by atoms with Gasteiger partial charge in [0.05, 0.1) is 11.6 Å². The highest BCUT2D eigenvalue weighted by atomic mass is 35.5. The van der Waals surface area contributed by atoms with Gasteiger partial charge < -0.3 is 4.90 Å². The van der Waals surface area contributed by atoms with E-state index >= 15 is 0 Å². The quantitative estimate of drug-likeness (QED) is 0.751. The largest absolute Gasteiger partial charge is 0.371 e. The lowest BCUT2D eigenvalue weighted by atomic mass is 9.77. The molecular weight excluding hydrogens is 244 g/mol. The molecule has 2 nitrogen and oxygen atoms in total. The lowest BCUT2D eigenvalue weighted by Gasteiger charge is -2.40. The molecule has 1 aromatic heterocycles. The average molecular weight is 265 g/mol. The Morgan fingerprint density at radius 3 is 2.56 bits per heavy atom. The second kappa shape index (κ2) is 5.08. The number of hydrogen-bond acceptors (Lipinski definition) is 2. The average Bonchev–Trinajstić information content (AvgIpc) is 2.88. The molecule has 1 saturated heterocycles. The van der Waals surface area contributed by atoms with Gasteiger partial charge in [0.25, 0.3) is 0 Å². The second-order valence-corrected chi connectivity index (χ2v) is 6.10. The van der Waals surface area contributed by atoms with Crippen molar-refractivity contribution >= 4 is 17.3 Å². The molecule has 3 rings (SSSR count). The molecule has 0 bridgehead atoms. The van der Waals surface area contributed by atoms with E-state index in [1.807, 2.05) is 6.20 Å². The highest BCUT2D eigenvalue weighted by Gasteiger charge is 2.36. The molecule has 0 atom stereocenters. The predicted molar refractivity (Wildman–Crippen MR) is 76.1 cm³/mol. The molecule has 0 radical (unpaired) electrons. The summed E-state index contributed by atoms with van der Waals surface area (Å²) >= 11 is 5.86. The van der Waals surface area contributed by atoms with Crippen molar-refractivity contribution in [3.05, 3.63) is 24.0 Å². The van der Waals surface area contributed by atoms with Crippen LogP contribution in [-0.2, 0) is 5.88 Å². The van der Waals surface area contributed by atoms with Crippen LogP contribution in [0.4, 0.5) is 5.69 Å². The van der Waals surface area contributed by atoms with Gasteiger partial charge in [-0.3, -0.25) is 4.98 Å². The summed E-state index contributed by atoms with van der Waals surface area (Å²) < 4.78 is 0. The molecule has 0 N–H and O–H groups in total. The van der Waals surface area contributed by atoms with Crippen LogP contribution < -0.4 is 4.90 Å². The van der Waals surface area contributed by atoms with Gasteiger partial charge in [-0.25, -0.2) is 0 Å². The molecule has 1 spiro atoms. The van der Waals surface area contributed by atoms with E-state index in [0.717, 1.165) is 5.69 Å². The fourth-order valence-electron chi connectivity index (χ4n) is 3.60.